The zero-order valence-electron chi connectivity index (χ0n) is 23.1. The Balaban J connectivity index is 0.000000255. The van der Waals surface area contributed by atoms with E-state index in [1.807, 2.05) is 103 Å². The number of imidazole rings is 1. The van der Waals surface area contributed by atoms with Gasteiger partial charge < -0.3 is 9.05 Å². The summed E-state index contributed by atoms with van der Waals surface area (Å²) in [6, 6.07) is 37.7. The zero-order chi connectivity index (χ0) is 29.7. The first-order chi connectivity index (χ1) is 20.1. The third-order valence-corrected chi connectivity index (χ3v) is 11.5. The molecule has 0 amide bonds. The largest absolute Gasteiger partial charge is 0.431 e. The fraction of sp³-hybridized carbons (Fsp3) is 0.194. The number of aromatic nitrogens is 2. The van der Waals surface area contributed by atoms with Crippen molar-refractivity contribution in [3.05, 3.63) is 115 Å². The molecule has 0 spiro atoms. The van der Waals surface area contributed by atoms with Gasteiger partial charge in [-0.3, -0.25) is 0 Å². The van der Waals surface area contributed by atoms with Crippen LogP contribution in [-0.4, -0.2) is 28.5 Å². The molecule has 5 rings (SSSR count). The molecule has 0 saturated carbocycles. The van der Waals surface area contributed by atoms with Crippen LogP contribution in [0, 0.1) is 0 Å². The number of nitrogens with one attached hydrogen (secondary N) is 1. The summed E-state index contributed by atoms with van der Waals surface area (Å²) in [6.45, 7) is 6.87. The van der Waals surface area contributed by atoms with Crippen molar-refractivity contribution in [1.82, 2.24) is 9.97 Å². The monoisotopic (exact) mass is 990 g/mol. The molecule has 1 aromatic heterocycles. The molecule has 4 nitrogen and oxygen atoms in total. The molecule has 0 aliphatic rings. The number of rotatable bonds is 9. The van der Waals surface area contributed by atoms with Crippen LogP contribution in [0.2, 0.25) is 0 Å². The van der Waals surface area contributed by atoms with Gasteiger partial charge in [-0.25, -0.2) is 0 Å². The Hall–Kier alpha value is -1.07. The van der Waals surface area contributed by atoms with Gasteiger partial charge in [-0.2, -0.15) is 0 Å². The van der Waals surface area contributed by atoms with Crippen LogP contribution in [0.25, 0.3) is 11.0 Å². The van der Waals surface area contributed by atoms with Crippen molar-refractivity contribution in [2.24, 2.45) is 0 Å². The van der Waals surface area contributed by atoms with Crippen LogP contribution in [0.5, 0.6) is 11.5 Å². The van der Waals surface area contributed by atoms with E-state index in [4.69, 9.17) is 9.05 Å². The van der Waals surface area contributed by atoms with Gasteiger partial charge in [-0.15, -0.1) is 7.92 Å². The Morgan fingerprint density at radius 3 is 1.56 bits per heavy atom. The number of halogens is 1. The maximum absolute atomic E-state index is 6.03. The molecule has 0 aliphatic carbocycles. The molecule has 41 heavy (non-hydrogen) atoms. The number of benzene rings is 4. The van der Waals surface area contributed by atoms with E-state index in [0.29, 0.717) is 7.92 Å². The van der Waals surface area contributed by atoms with Crippen LogP contribution >= 0.6 is 36.1 Å². The second-order valence-corrected chi connectivity index (χ2v) is 15.2. The molecule has 226 valence electrons. The van der Waals surface area contributed by atoms with Crippen molar-refractivity contribution in [3.8, 4) is 11.5 Å². The molecular formula is C31H35Au2ClN2O2P2S. The van der Waals surface area contributed by atoms with Gasteiger partial charge in [0, 0.05) is 4.90 Å². The Bertz CT molecular complexity index is 1200. The van der Waals surface area contributed by atoms with Crippen molar-refractivity contribution in [2.75, 3.05) is 18.5 Å². The fourth-order valence-corrected chi connectivity index (χ4v) is 8.00. The minimum atomic E-state index is -1.17. The van der Waals surface area contributed by atoms with Gasteiger partial charge in [0.05, 0.1) is 0 Å². The number of nitrogens with zero attached hydrogens (tertiary/aromatic N) is 1. The Morgan fingerprint density at radius 2 is 1.12 bits per heavy atom. The number of hydrogen-bond donors (Lipinski definition) is 1. The van der Waals surface area contributed by atoms with E-state index in [-0.39, 0.29) is 0 Å². The SMILES string of the molecule is CCP(CC)CC.[Au][c]1nc2ccccc2[nH]1.[Cl][Au].c1ccc(OP(Oc2ccccc2)Sc2ccccc2)cc1. The molecule has 1 N–H and O–H groups in total. The molecule has 5 aromatic rings. The Morgan fingerprint density at radius 1 is 0.683 bits per heavy atom. The maximum Gasteiger partial charge on any atom is 0.365 e. The quantitative estimate of drug-likeness (QED) is 0.118. The molecule has 0 fully saturated rings. The number of para-hydroxylation sites is 4. The second kappa shape index (κ2) is 22.5. The maximum atomic E-state index is 6.03. The van der Waals surface area contributed by atoms with Gasteiger partial charge in [-0.05, 0) is 66.3 Å². The van der Waals surface area contributed by atoms with Crippen LogP contribution in [0.1, 0.15) is 20.8 Å². The molecule has 4 aromatic carbocycles. The molecule has 0 bridgehead atoms. The Labute approximate surface area is 279 Å². The van der Waals surface area contributed by atoms with Crippen LogP contribution in [0.3, 0.4) is 0 Å². The standard InChI is InChI=1S/C18H15O2PS.C7H5N2.C6H15P.2Au.ClH/c1-4-10-16(11-5-1)19-21(20-17-12-6-2-7-13-17)22-18-14-8-3-9-15-18;1-2-4-7-6(3-1)8-5-9-7;1-4-7(5-2)6-3;;;/h1-15H;1-4H,(H,8,9);4-6H2,1-3H3;;;1H/q;;;;+1;/p-1. The van der Waals surface area contributed by atoms with E-state index in [0.717, 1.165) is 31.5 Å². The molecule has 0 aliphatic heterocycles. The summed E-state index contributed by atoms with van der Waals surface area (Å²) in [7, 11) is 3.86. The van der Waals surface area contributed by atoms with E-state index >= 15 is 0 Å². The molecule has 10 heteroatoms. The normalized spacial score (nSPS) is 10.1. The van der Waals surface area contributed by atoms with E-state index in [1.165, 1.54) is 18.5 Å². The minimum absolute atomic E-state index is 0.446. The van der Waals surface area contributed by atoms with Gasteiger partial charge in [-0.1, -0.05) is 75.4 Å². The summed E-state index contributed by atoms with van der Waals surface area (Å²) in [5, 5.41) is 0. The van der Waals surface area contributed by atoms with Crippen LogP contribution in [-0.2, 0) is 41.1 Å². The smallest absolute Gasteiger partial charge is 0.365 e. The van der Waals surface area contributed by atoms with E-state index in [9.17, 15) is 0 Å². The van der Waals surface area contributed by atoms with Crippen LogP contribution in [0.4, 0.5) is 0 Å². The molecule has 0 unspecified atom stereocenters. The van der Waals surface area contributed by atoms with Crippen molar-refractivity contribution < 1.29 is 50.1 Å². The summed E-state index contributed by atoms with van der Waals surface area (Å²) in [5.41, 5.74) is 2.13. The third kappa shape index (κ3) is 14.8. The summed E-state index contributed by atoms with van der Waals surface area (Å²) in [5.74, 6) is 1.63. The Kier molecular flexibility index (Phi) is 19.8. The van der Waals surface area contributed by atoms with Crippen molar-refractivity contribution in [2.45, 2.75) is 25.7 Å². The summed E-state index contributed by atoms with van der Waals surface area (Å²) < 4.78 is 13.0. The average molecular weight is 991 g/mol. The molecule has 0 atom stereocenters. The van der Waals surface area contributed by atoms with Crippen molar-refractivity contribution in [3.63, 3.8) is 0 Å². The van der Waals surface area contributed by atoms with Crippen LogP contribution < -0.4 is 13.1 Å². The van der Waals surface area contributed by atoms with Gasteiger partial charge >= 0.3 is 107 Å². The summed E-state index contributed by atoms with van der Waals surface area (Å²) in [4.78, 5) is 8.48. The first-order valence-electron chi connectivity index (χ1n) is 13.0. The second-order valence-electron chi connectivity index (χ2n) is 8.06. The average Bonchev–Trinajstić information content (AvgIpc) is 3.41. The van der Waals surface area contributed by atoms with Crippen LogP contribution in [0.15, 0.2) is 120 Å². The van der Waals surface area contributed by atoms with Crippen molar-refractivity contribution >= 4 is 51.1 Å². The third-order valence-electron chi connectivity index (χ3n) is 5.45. The van der Waals surface area contributed by atoms with E-state index in [1.54, 1.807) is 31.4 Å². The predicted octanol–water partition coefficient (Wildman–Crippen LogP) is 10.1. The van der Waals surface area contributed by atoms with Gasteiger partial charge in [0.15, 0.2) is 0 Å². The van der Waals surface area contributed by atoms with Crippen molar-refractivity contribution in [1.29, 1.82) is 0 Å². The minimum Gasteiger partial charge on any atom is -0.431 e. The topological polar surface area (TPSA) is 47.1 Å². The van der Waals surface area contributed by atoms with Gasteiger partial charge in [0.2, 0.25) is 0 Å². The van der Waals surface area contributed by atoms with E-state index < -0.39 is 7.58 Å². The molecule has 1 heterocycles. The molecular weight excluding hydrogens is 956 g/mol. The number of fused-ring (bicyclic) bond motifs is 1. The van der Waals surface area contributed by atoms with E-state index in [2.05, 4.69) is 73.1 Å². The predicted molar refractivity (Wildman–Crippen MR) is 173 cm³/mol. The number of hydrogen-bond acceptors (Lipinski definition) is 4. The van der Waals surface area contributed by atoms with Gasteiger partial charge in [0.25, 0.3) is 0 Å². The zero-order valence-corrected chi connectivity index (χ0v) is 30.8. The first kappa shape index (κ1) is 36.1. The number of H-pyrrole nitrogens is 1. The van der Waals surface area contributed by atoms with Gasteiger partial charge in [0.1, 0.15) is 11.5 Å². The first-order valence-corrected chi connectivity index (χ1v) is 21.3. The number of aromatic amines is 1. The summed E-state index contributed by atoms with van der Waals surface area (Å²) in [6.07, 6.45) is 4.26. The molecule has 0 saturated heterocycles. The summed E-state index contributed by atoms with van der Waals surface area (Å²) >= 11 is 5.69. The molecule has 0 radical (unpaired) electrons. The fourth-order valence-electron chi connectivity index (χ4n) is 3.33.